The van der Waals surface area contributed by atoms with E-state index in [4.69, 9.17) is 11.6 Å². The highest BCUT2D eigenvalue weighted by molar-refractivity contribution is 6.30. The van der Waals surface area contributed by atoms with Gasteiger partial charge in [-0.15, -0.1) is 0 Å². The molecule has 1 nitrogen and oxygen atoms in total. The Morgan fingerprint density at radius 3 is 1.80 bits per heavy atom. The molecule has 0 N–H and O–H groups in total. The first kappa shape index (κ1) is 28.8. The van der Waals surface area contributed by atoms with Crippen molar-refractivity contribution in [2.75, 3.05) is 13.1 Å². The van der Waals surface area contributed by atoms with Crippen LogP contribution in [0.4, 0.5) is 0 Å². The fourth-order valence-corrected chi connectivity index (χ4v) is 5.04. The molecule has 1 atom stereocenters. The summed E-state index contributed by atoms with van der Waals surface area (Å²) in [4.78, 5) is 2.47. The van der Waals surface area contributed by atoms with Crippen molar-refractivity contribution in [3.63, 3.8) is 0 Å². The SMILES string of the molecule is C=C/C=C(C=C)/C(=C/CN(CC=C(c1ccccc1)c1ccccc1)C(C)c1cccc(Cl)c1)c1ccccc1. The quantitative estimate of drug-likeness (QED) is 0.161. The van der Waals surface area contributed by atoms with Gasteiger partial charge in [0.2, 0.25) is 0 Å². The van der Waals surface area contributed by atoms with Gasteiger partial charge in [-0.3, -0.25) is 4.90 Å². The lowest BCUT2D eigenvalue weighted by atomic mass is 9.96. The van der Waals surface area contributed by atoms with E-state index in [1.165, 1.54) is 22.3 Å². The van der Waals surface area contributed by atoms with Crippen molar-refractivity contribution in [3.8, 4) is 0 Å². The molecule has 4 aromatic carbocycles. The van der Waals surface area contributed by atoms with E-state index in [1.807, 2.05) is 36.4 Å². The van der Waals surface area contributed by atoms with E-state index in [-0.39, 0.29) is 6.04 Å². The number of allylic oxidation sites excluding steroid dienone is 5. The van der Waals surface area contributed by atoms with Crippen LogP contribution in [0.15, 0.2) is 164 Å². The first-order valence-electron chi connectivity index (χ1n) is 13.6. The molecule has 0 aromatic heterocycles. The fraction of sp³-hybridized carbons (Fsp3) is 0.105. The Bertz CT molecular complexity index is 1440. The molecule has 1 unspecified atom stereocenters. The van der Waals surface area contributed by atoms with Crippen LogP contribution in [0.1, 0.15) is 35.2 Å². The van der Waals surface area contributed by atoms with Gasteiger partial charge in [0, 0.05) is 24.2 Å². The molecule has 40 heavy (non-hydrogen) atoms. The zero-order valence-electron chi connectivity index (χ0n) is 23.1. The normalized spacial score (nSPS) is 12.6. The Hall–Kier alpha value is -4.17. The molecule has 0 saturated heterocycles. The van der Waals surface area contributed by atoms with Crippen LogP contribution < -0.4 is 0 Å². The molecule has 0 radical (unpaired) electrons. The number of hydrogen-bond donors (Lipinski definition) is 0. The highest BCUT2D eigenvalue weighted by atomic mass is 35.5. The number of hydrogen-bond acceptors (Lipinski definition) is 1. The van der Waals surface area contributed by atoms with E-state index < -0.39 is 0 Å². The summed E-state index contributed by atoms with van der Waals surface area (Å²) in [6, 6.07) is 39.9. The van der Waals surface area contributed by atoms with Crippen LogP contribution >= 0.6 is 11.6 Å². The lowest BCUT2D eigenvalue weighted by Gasteiger charge is -2.28. The maximum atomic E-state index is 6.41. The third-order valence-corrected chi connectivity index (χ3v) is 7.26. The molecule has 0 aliphatic heterocycles. The molecule has 0 heterocycles. The molecule has 0 fully saturated rings. The zero-order chi connectivity index (χ0) is 28.2. The van der Waals surface area contributed by atoms with Gasteiger partial charge in [0.25, 0.3) is 0 Å². The van der Waals surface area contributed by atoms with Gasteiger partial charge < -0.3 is 0 Å². The van der Waals surface area contributed by atoms with Crippen LogP contribution in [0, 0.1) is 0 Å². The topological polar surface area (TPSA) is 3.24 Å². The van der Waals surface area contributed by atoms with E-state index in [9.17, 15) is 0 Å². The summed E-state index contributed by atoms with van der Waals surface area (Å²) in [5.74, 6) is 0. The Kier molecular flexibility index (Phi) is 10.7. The predicted molar refractivity (Wildman–Crippen MR) is 174 cm³/mol. The predicted octanol–water partition coefficient (Wildman–Crippen LogP) is 10.2. The Labute approximate surface area is 244 Å². The van der Waals surface area contributed by atoms with E-state index >= 15 is 0 Å². The van der Waals surface area contributed by atoms with Gasteiger partial charge in [-0.1, -0.05) is 158 Å². The minimum Gasteiger partial charge on any atom is -0.289 e. The molecule has 0 amide bonds. The molecule has 0 bridgehead atoms. The minimum absolute atomic E-state index is 0.131. The Morgan fingerprint density at radius 2 is 1.27 bits per heavy atom. The monoisotopic (exact) mass is 541 g/mol. The van der Waals surface area contributed by atoms with Gasteiger partial charge in [0.05, 0.1) is 0 Å². The van der Waals surface area contributed by atoms with Crippen molar-refractivity contribution in [3.05, 3.63) is 192 Å². The first-order chi connectivity index (χ1) is 19.6. The van der Waals surface area contributed by atoms with Crippen molar-refractivity contribution in [1.29, 1.82) is 0 Å². The lowest BCUT2D eigenvalue weighted by Crippen LogP contribution is -2.28. The summed E-state index contributed by atoms with van der Waals surface area (Å²) in [5.41, 5.74) is 8.13. The van der Waals surface area contributed by atoms with Crippen LogP contribution in [0.2, 0.25) is 5.02 Å². The molecule has 2 heteroatoms. The molecular weight excluding hydrogens is 506 g/mol. The summed E-state index contributed by atoms with van der Waals surface area (Å²) in [6.45, 7) is 11.7. The number of rotatable bonds is 12. The molecule has 0 saturated carbocycles. The Morgan fingerprint density at radius 1 is 0.725 bits per heavy atom. The Balaban J connectivity index is 1.77. The van der Waals surface area contributed by atoms with Crippen molar-refractivity contribution < 1.29 is 0 Å². The third-order valence-electron chi connectivity index (χ3n) is 7.02. The lowest BCUT2D eigenvalue weighted by molar-refractivity contribution is 0.260. The van der Waals surface area contributed by atoms with E-state index in [1.54, 1.807) is 0 Å². The van der Waals surface area contributed by atoms with Crippen LogP contribution in [-0.2, 0) is 0 Å². The number of benzene rings is 4. The van der Waals surface area contributed by atoms with E-state index in [2.05, 4.69) is 134 Å². The maximum absolute atomic E-state index is 6.41. The second-order valence-corrected chi connectivity index (χ2v) is 10.0. The zero-order valence-corrected chi connectivity index (χ0v) is 23.8. The number of nitrogens with zero attached hydrogens (tertiary/aromatic N) is 1. The van der Waals surface area contributed by atoms with Crippen molar-refractivity contribution in [2.45, 2.75) is 13.0 Å². The summed E-state index contributed by atoms with van der Waals surface area (Å²) in [7, 11) is 0. The summed E-state index contributed by atoms with van der Waals surface area (Å²) >= 11 is 6.41. The van der Waals surface area contributed by atoms with E-state index in [0.717, 1.165) is 34.8 Å². The van der Waals surface area contributed by atoms with Crippen LogP contribution in [0.25, 0.3) is 11.1 Å². The summed E-state index contributed by atoms with van der Waals surface area (Å²) < 4.78 is 0. The first-order valence-corrected chi connectivity index (χ1v) is 14.0. The molecule has 0 aliphatic rings. The largest absolute Gasteiger partial charge is 0.289 e. The molecule has 0 aliphatic carbocycles. The van der Waals surface area contributed by atoms with Crippen LogP contribution in [-0.4, -0.2) is 18.0 Å². The minimum atomic E-state index is 0.131. The van der Waals surface area contributed by atoms with Crippen molar-refractivity contribution >= 4 is 22.7 Å². The summed E-state index contributed by atoms with van der Waals surface area (Å²) in [5, 5.41) is 0.748. The van der Waals surface area contributed by atoms with Gasteiger partial charge in [0.1, 0.15) is 0 Å². The van der Waals surface area contributed by atoms with Gasteiger partial charge >= 0.3 is 0 Å². The average Bonchev–Trinajstić information content (AvgIpc) is 3.01. The molecule has 4 rings (SSSR count). The number of halogens is 1. The van der Waals surface area contributed by atoms with Gasteiger partial charge in [-0.05, 0) is 58.0 Å². The average molecular weight is 542 g/mol. The maximum Gasteiger partial charge on any atom is 0.0409 e. The molecule has 4 aromatic rings. The highest BCUT2D eigenvalue weighted by Crippen LogP contribution is 2.29. The smallest absolute Gasteiger partial charge is 0.0409 e. The van der Waals surface area contributed by atoms with Crippen molar-refractivity contribution in [1.82, 2.24) is 4.90 Å². The summed E-state index contributed by atoms with van der Waals surface area (Å²) in [6.07, 6.45) is 10.4. The fourth-order valence-electron chi connectivity index (χ4n) is 4.84. The third kappa shape index (κ3) is 7.70. The standard InChI is InChI=1S/C38H36ClN/c1-4-16-31(5-2)37(32-17-9-6-10-18-32)25-27-40(30(3)35-23-15-24-36(39)29-35)28-26-38(33-19-11-7-12-20-33)34-21-13-8-14-22-34/h4-26,29-30H,1-2,27-28H2,3H3/b31-16+,37-25-. The molecular formula is C38H36ClN. The van der Waals surface area contributed by atoms with Gasteiger partial charge in [0.15, 0.2) is 0 Å². The highest BCUT2D eigenvalue weighted by Gasteiger charge is 2.16. The van der Waals surface area contributed by atoms with Gasteiger partial charge in [-0.2, -0.15) is 0 Å². The molecule has 0 spiro atoms. The van der Waals surface area contributed by atoms with E-state index in [0.29, 0.717) is 0 Å². The van der Waals surface area contributed by atoms with Gasteiger partial charge in [-0.25, -0.2) is 0 Å². The second kappa shape index (κ2) is 14.8. The van der Waals surface area contributed by atoms with Crippen LogP contribution in [0.5, 0.6) is 0 Å². The molecule has 200 valence electrons. The van der Waals surface area contributed by atoms with Crippen LogP contribution in [0.3, 0.4) is 0 Å². The second-order valence-electron chi connectivity index (χ2n) is 9.58. The van der Waals surface area contributed by atoms with Crippen molar-refractivity contribution in [2.24, 2.45) is 0 Å².